The lowest BCUT2D eigenvalue weighted by atomic mass is 10.1. The first-order chi connectivity index (χ1) is 8.47. The van der Waals surface area contributed by atoms with Gasteiger partial charge < -0.3 is 15.6 Å². The van der Waals surface area contributed by atoms with Crippen LogP contribution >= 0.6 is 0 Å². The van der Waals surface area contributed by atoms with Crippen LogP contribution in [0, 0.1) is 20.8 Å². The van der Waals surface area contributed by atoms with Gasteiger partial charge in [-0.2, -0.15) is 0 Å². The van der Waals surface area contributed by atoms with E-state index in [2.05, 4.69) is 23.5 Å². The van der Waals surface area contributed by atoms with E-state index in [0.29, 0.717) is 0 Å². The van der Waals surface area contributed by atoms with Crippen LogP contribution in [0.3, 0.4) is 0 Å². The number of anilines is 2. The average Bonchev–Trinajstić information content (AvgIpc) is 2.56. The first-order valence-electron chi connectivity index (χ1n) is 6.04. The van der Waals surface area contributed by atoms with Crippen molar-refractivity contribution in [2.45, 2.75) is 33.7 Å². The first-order valence-corrected chi connectivity index (χ1v) is 6.04. The number of hydrogen-bond acceptors (Lipinski definition) is 4. The third kappa shape index (κ3) is 2.47. The Morgan fingerprint density at radius 2 is 1.94 bits per heavy atom. The third-order valence-corrected chi connectivity index (χ3v) is 3.00. The third-order valence-electron chi connectivity index (χ3n) is 3.00. The van der Waals surface area contributed by atoms with Gasteiger partial charge in [0, 0.05) is 16.9 Å². The minimum Gasteiger partial charge on any atom is -0.399 e. The van der Waals surface area contributed by atoms with Crippen LogP contribution in [0.2, 0.25) is 0 Å². The lowest BCUT2D eigenvalue weighted by Crippen LogP contribution is -2.08. The molecule has 1 aromatic carbocycles. The number of hydrogen-bond donors (Lipinski definition) is 2. The van der Waals surface area contributed by atoms with Crippen molar-refractivity contribution in [3.63, 3.8) is 0 Å². The summed E-state index contributed by atoms with van der Waals surface area (Å²) in [6.45, 7) is 8.00. The molecular formula is C14H19N3O. The van der Waals surface area contributed by atoms with Crippen molar-refractivity contribution in [3.05, 3.63) is 40.8 Å². The van der Waals surface area contributed by atoms with Crippen molar-refractivity contribution in [1.29, 1.82) is 0 Å². The summed E-state index contributed by atoms with van der Waals surface area (Å²) in [5.74, 6) is 0.855. The van der Waals surface area contributed by atoms with Crippen LogP contribution in [0.5, 0.6) is 0 Å². The van der Waals surface area contributed by atoms with Crippen molar-refractivity contribution < 1.29 is 4.52 Å². The molecule has 2 rings (SSSR count). The molecule has 1 atom stereocenters. The van der Waals surface area contributed by atoms with Gasteiger partial charge in [-0.3, -0.25) is 0 Å². The maximum atomic E-state index is 5.84. The Balaban J connectivity index is 2.24. The molecule has 18 heavy (non-hydrogen) atoms. The highest BCUT2D eigenvalue weighted by Crippen LogP contribution is 2.26. The van der Waals surface area contributed by atoms with Gasteiger partial charge in [-0.15, -0.1) is 0 Å². The predicted molar refractivity (Wildman–Crippen MR) is 73.6 cm³/mol. The van der Waals surface area contributed by atoms with Crippen molar-refractivity contribution in [3.8, 4) is 0 Å². The SMILES string of the molecule is Cc1cc(N)cc(NC(C)c2c(C)noc2C)c1. The summed E-state index contributed by atoms with van der Waals surface area (Å²) in [4.78, 5) is 0. The molecule has 0 aliphatic carbocycles. The minimum absolute atomic E-state index is 0.137. The van der Waals surface area contributed by atoms with E-state index in [1.165, 1.54) is 0 Å². The van der Waals surface area contributed by atoms with E-state index in [4.69, 9.17) is 10.3 Å². The Morgan fingerprint density at radius 3 is 2.50 bits per heavy atom. The van der Waals surface area contributed by atoms with E-state index in [9.17, 15) is 0 Å². The lowest BCUT2D eigenvalue weighted by Gasteiger charge is -2.16. The number of aromatic nitrogens is 1. The van der Waals surface area contributed by atoms with Crippen LogP contribution in [-0.2, 0) is 0 Å². The lowest BCUT2D eigenvalue weighted by molar-refractivity contribution is 0.392. The summed E-state index contributed by atoms with van der Waals surface area (Å²) in [5.41, 5.74) is 10.8. The van der Waals surface area contributed by atoms with Crippen molar-refractivity contribution in [2.24, 2.45) is 0 Å². The highest BCUT2D eigenvalue weighted by Gasteiger charge is 2.16. The summed E-state index contributed by atoms with van der Waals surface area (Å²) >= 11 is 0. The molecule has 0 radical (unpaired) electrons. The Labute approximate surface area is 107 Å². The van der Waals surface area contributed by atoms with Crippen molar-refractivity contribution in [1.82, 2.24) is 5.16 Å². The molecule has 1 aromatic heterocycles. The maximum absolute atomic E-state index is 5.84. The molecular weight excluding hydrogens is 226 g/mol. The summed E-state index contributed by atoms with van der Waals surface area (Å²) < 4.78 is 5.19. The molecule has 4 heteroatoms. The number of nitrogen functional groups attached to an aromatic ring is 1. The van der Waals surface area contributed by atoms with Gasteiger partial charge in [-0.1, -0.05) is 5.16 Å². The Kier molecular flexibility index (Phi) is 3.28. The molecule has 0 saturated heterocycles. The maximum Gasteiger partial charge on any atom is 0.139 e. The van der Waals surface area contributed by atoms with Crippen LogP contribution in [0.25, 0.3) is 0 Å². The summed E-state index contributed by atoms with van der Waals surface area (Å²) in [6, 6.07) is 6.09. The molecule has 0 bridgehead atoms. The number of aryl methyl sites for hydroxylation is 3. The van der Waals surface area contributed by atoms with E-state index in [1.807, 2.05) is 32.9 Å². The second-order valence-electron chi connectivity index (χ2n) is 4.74. The monoisotopic (exact) mass is 245 g/mol. The zero-order chi connectivity index (χ0) is 13.3. The van der Waals surface area contributed by atoms with Gasteiger partial charge in [0.1, 0.15) is 5.76 Å². The number of rotatable bonds is 3. The molecule has 4 nitrogen and oxygen atoms in total. The molecule has 0 amide bonds. The van der Waals surface area contributed by atoms with Gasteiger partial charge in [0.2, 0.25) is 0 Å². The van der Waals surface area contributed by atoms with E-state index in [-0.39, 0.29) is 6.04 Å². The second kappa shape index (κ2) is 4.72. The number of benzene rings is 1. The summed E-state index contributed by atoms with van der Waals surface area (Å²) in [5, 5.41) is 7.40. The number of nitrogens with zero attached hydrogens (tertiary/aromatic N) is 1. The van der Waals surface area contributed by atoms with Crippen LogP contribution in [-0.4, -0.2) is 5.16 Å². The first kappa shape index (κ1) is 12.5. The van der Waals surface area contributed by atoms with Crippen LogP contribution in [0.1, 0.15) is 35.5 Å². The van der Waals surface area contributed by atoms with Gasteiger partial charge in [-0.25, -0.2) is 0 Å². The quantitative estimate of drug-likeness (QED) is 0.814. The molecule has 1 unspecified atom stereocenters. The minimum atomic E-state index is 0.137. The average molecular weight is 245 g/mol. The van der Waals surface area contributed by atoms with E-state index in [1.54, 1.807) is 0 Å². The van der Waals surface area contributed by atoms with E-state index < -0.39 is 0 Å². The smallest absolute Gasteiger partial charge is 0.139 e. The molecule has 0 fully saturated rings. The Bertz CT molecular complexity index is 520. The van der Waals surface area contributed by atoms with Gasteiger partial charge >= 0.3 is 0 Å². The van der Waals surface area contributed by atoms with Gasteiger partial charge in [0.05, 0.1) is 11.7 Å². The van der Waals surface area contributed by atoms with E-state index >= 15 is 0 Å². The molecule has 0 aliphatic heterocycles. The fourth-order valence-corrected chi connectivity index (χ4v) is 2.33. The van der Waals surface area contributed by atoms with Crippen LogP contribution in [0.15, 0.2) is 22.7 Å². The largest absolute Gasteiger partial charge is 0.399 e. The second-order valence-corrected chi connectivity index (χ2v) is 4.74. The highest BCUT2D eigenvalue weighted by atomic mass is 16.5. The van der Waals surface area contributed by atoms with E-state index in [0.717, 1.165) is 34.0 Å². The zero-order valence-corrected chi connectivity index (χ0v) is 11.2. The number of nitrogens with two attached hydrogens (primary N) is 1. The molecule has 0 aliphatic rings. The fourth-order valence-electron chi connectivity index (χ4n) is 2.33. The Morgan fingerprint density at radius 1 is 1.22 bits per heavy atom. The zero-order valence-electron chi connectivity index (χ0n) is 11.2. The molecule has 2 aromatic rings. The summed E-state index contributed by atoms with van der Waals surface area (Å²) in [6.07, 6.45) is 0. The fraction of sp³-hybridized carbons (Fsp3) is 0.357. The molecule has 3 N–H and O–H groups in total. The van der Waals surface area contributed by atoms with Crippen molar-refractivity contribution >= 4 is 11.4 Å². The summed E-state index contributed by atoms with van der Waals surface area (Å²) in [7, 11) is 0. The number of nitrogens with one attached hydrogen (secondary N) is 1. The predicted octanol–water partition coefficient (Wildman–Crippen LogP) is 3.36. The molecule has 96 valence electrons. The Hall–Kier alpha value is -1.97. The van der Waals surface area contributed by atoms with Crippen LogP contribution < -0.4 is 11.1 Å². The van der Waals surface area contributed by atoms with Crippen molar-refractivity contribution in [2.75, 3.05) is 11.1 Å². The van der Waals surface area contributed by atoms with Gasteiger partial charge in [-0.05, 0) is 51.5 Å². The normalized spacial score (nSPS) is 12.4. The van der Waals surface area contributed by atoms with Crippen LogP contribution in [0.4, 0.5) is 11.4 Å². The molecule has 1 heterocycles. The topological polar surface area (TPSA) is 64.1 Å². The van der Waals surface area contributed by atoms with Gasteiger partial charge in [0.15, 0.2) is 0 Å². The van der Waals surface area contributed by atoms with Gasteiger partial charge in [0.25, 0.3) is 0 Å². The standard InChI is InChI=1S/C14H19N3O/c1-8-5-12(15)7-13(6-8)16-9(2)14-10(3)17-18-11(14)4/h5-7,9,16H,15H2,1-4H3. The molecule has 0 spiro atoms. The highest BCUT2D eigenvalue weighted by molar-refractivity contribution is 5.57. The molecule has 0 saturated carbocycles.